The molecule has 3 heterocycles. The Kier molecular flexibility index (Phi) is 3.61. The second-order valence-corrected chi connectivity index (χ2v) is 5.90. The van der Waals surface area contributed by atoms with Crippen molar-refractivity contribution in [2.45, 2.75) is 19.3 Å². The summed E-state index contributed by atoms with van der Waals surface area (Å²) < 4.78 is 5.25. The minimum Gasteiger partial charge on any atom is -0.497 e. The quantitative estimate of drug-likeness (QED) is 0.803. The number of fused-ring (bicyclic) bond motifs is 1. The van der Waals surface area contributed by atoms with Crippen LogP contribution in [0.4, 0.5) is 5.82 Å². The van der Waals surface area contributed by atoms with E-state index in [1.807, 2.05) is 18.3 Å². The van der Waals surface area contributed by atoms with Crippen molar-refractivity contribution in [2.24, 2.45) is 0 Å². The third kappa shape index (κ3) is 2.52. The number of piperidine rings is 1. The van der Waals surface area contributed by atoms with E-state index in [4.69, 9.17) is 4.74 Å². The van der Waals surface area contributed by atoms with Gasteiger partial charge in [-0.15, -0.1) is 0 Å². The highest BCUT2D eigenvalue weighted by molar-refractivity contribution is 6.01. The Hall–Kier alpha value is -2.56. The summed E-state index contributed by atoms with van der Waals surface area (Å²) in [5.41, 5.74) is 3.18. The van der Waals surface area contributed by atoms with Crippen molar-refractivity contribution < 1.29 is 4.74 Å². The van der Waals surface area contributed by atoms with Gasteiger partial charge in [0.05, 0.1) is 12.5 Å². The number of aromatic amines is 1. The number of hydrogen-bond acceptors (Lipinski definition) is 4. The second kappa shape index (κ2) is 5.91. The van der Waals surface area contributed by atoms with Crippen LogP contribution < -0.4 is 9.64 Å². The lowest BCUT2D eigenvalue weighted by Crippen LogP contribution is -2.30. The van der Waals surface area contributed by atoms with E-state index in [1.165, 1.54) is 19.3 Å². The summed E-state index contributed by atoms with van der Waals surface area (Å²) >= 11 is 0. The van der Waals surface area contributed by atoms with Crippen LogP contribution >= 0.6 is 0 Å². The van der Waals surface area contributed by atoms with Crippen LogP contribution in [0.25, 0.3) is 22.2 Å². The molecule has 118 valence electrons. The molecule has 1 fully saturated rings. The first-order valence-corrected chi connectivity index (χ1v) is 8.08. The molecule has 23 heavy (non-hydrogen) atoms. The van der Waals surface area contributed by atoms with Gasteiger partial charge in [0.2, 0.25) is 0 Å². The lowest BCUT2D eigenvalue weighted by atomic mass is 10.0. The largest absolute Gasteiger partial charge is 0.497 e. The fourth-order valence-corrected chi connectivity index (χ4v) is 3.29. The molecule has 0 amide bonds. The second-order valence-electron chi connectivity index (χ2n) is 5.90. The molecule has 1 N–H and O–H groups in total. The molecule has 1 aromatic carbocycles. The standard InChI is InChI=1S/C18H20N4O/c1-23-14-7-5-13(6-8-14)15-11-19-17-16(15)18(21-12-20-17)22-9-3-2-4-10-22/h5-8,11-12H,2-4,9-10H2,1H3,(H,19,20,21). The van der Waals surface area contributed by atoms with Crippen molar-refractivity contribution in [2.75, 3.05) is 25.1 Å². The monoisotopic (exact) mass is 308 g/mol. The average molecular weight is 308 g/mol. The smallest absolute Gasteiger partial charge is 0.143 e. The third-order valence-electron chi connectivity index (χ3n) is 4.51. The normalized spacial score (nSPS) is 15.1. The highest BCUT2D eigenvalue weighted by Gasteiger charge is 2.19. The van der Waals surface area contributed by atoms with Crippen LogP contribution in [0.3, 0.4) is 0 Å². The molecule has 0 atom stereocenters. The molecule has 0 spiro atoms. The van der Waals surface area contributed by atoms with E-state index >= 15 is 0 Å². The molecule has 1 aliphatic rings. The van der Waals surface area contributed by atoms with Gasteiger partial charge >= 0.3 is 0 Å². The number of H-pyrrole nitrogens is 1. The van der Waals surface area contributed by atoms with Gasteiger partial charge < -0.3 is 14.6 Å². The maximum atomic E-state index is 5.25. The zero-order valence-electron chi connectivity index (χ0n) is 13.2. The average Bonchev–Trinajstić information content (AvgIpc) is 3.07. The number of aromatic nitrogens is 3. The molecule has 3 aromatic rings. The van der Waals surface area contributed by atoms with Crippen molar-refractivity contribution in [1.29, 1.82) is 0 Å². The molecule has 0 radical (unpaired) electrons. The number of hydrogen-bond donors (Lipinski definition) is 1. The Labute approximate surface area is 135 Å². The van der Waals surface area contributed by atoms with E-state index in [2.05, 4.69) is 32.0 Å². The Bertz CT molecular complexity index is 804. The SMILES string of the molecule is COc1ccc(-c2c[nH]c3ncnc(N4CCCCC4)c23)cc1. The van der Waals surface area contributed by atoms with Crippen LogP contribution in [0.1, 0.15) is 19.3 Å². The lowest BCUT2D eigenvalue weighted by molar-refractivity contribution is 0.415. The summed E-state index contributed by atoms with van der Waals surface area (Å²) in [6, 6.07) is 8.12. The number of rotatable bonds is 3. The first-order chi connectivity index (χ1) is 11.4. The third-order valence-corrected chi connectivity index (χ3v) is 4.51. The Balaban J connectivity index is 1.83. The number of nitrogens with one attached hydrogen (secondary N) is 1. The van der Waals surface area contributed by atoms with Gasteiger partial charge in [0.25, 0.3) is 0 Å². The topological polar surface area (TPSA) is 54.0 Å². The molecule has 5 nitrogen and oxygen atoms in total. The minimum absolute atomic E-state index is 0.862. The van der Waals surface area contributed by atoms with E-state index in [1.54, 1.807) is 13.4 Å². The van der Waals surface area contributed by atoms with Crippen molar-refractivity contribution >= 4 is 16.9 Å². The Morgan fingerprint density at radius 1 is 1.04 bits per heavy atom. The van der Waals surface area contributed by atoms with E-state index < -0.39 is 0 Å². The molecule has 4 rings (SSSR count). The molecule has 1 saturated heterocycles. The van der Waals surface area contributed by atoms with Gasteiger partial charge in [-0.05, 0) is 37.0 Å². The highest BCUT2D eigenvalue weighted by Crippen LogP contribution is 2.35. The van der Waals surface area contributed by atoms with E-state index in [9.17, 15) is 0 Å². The van der Waals surface area contributed by atoms with E-state index in [0.29, 0.717) is 0 Å². The number of ether oxygens (including phenoxy) is 1. The highest BCUT2D eigenvalue weighted by atomic mass is 16.5. The summed E-state index contributed by atoms with van der Waals surface area (Å²) in [6.07, 6.45) is 7.44. The molecular weight excluding hydrogens is 288 g/mol. The minimum atomic E-state index is 0.862. The Morgan fingerprint density at radius 2 is 1.83 bits per heavy atom. The predicted molar refractivity (Wildman–Crippen MR) is 91.9 cm³/mol. The van der Waals surface area contributed by atoms with Gasteiger partial charge in [-0.25, -0.2) is 9.97 Å². The van der Waals surface area contributed by atoms with Crippen LogP contribution in [-0.4, -0.2) is 35.2 Å². The number of anilines is 1. The molecule has 5 heteroatoms. The van der Waals surface area contributed by atoms with Crippen molar-refractivity contribution in [1.82, 2.24) is 15.0 Å². The molecular formula is C18H20N4O. The lowest BCUT2D eigenvalue weighted by Gasteiger charge is -2.28. The zero-order valence-corrected chi connectivity index (χ0v) is 13.2. The molecule has 0 unspecified atom stereocenters. The van der Waals surface area contributed by atoms with E-state index in [-0.39, 0.29) is 0 Å². The number of benzene rings is 1. The number of nitrogens with zero attached hydrogens (tertiary/aromatic N) is 3. The Morgan fingerprint density at radius 3 is 2.57 bits per heavy atom. The van der Waals surface area contributed by atoms with Crippen molar-refractivity contribution in [3.05, 3.63) is 36.8 Å². The van der Waals surface area contributed by atoms with Crippen LogP contribution in [-0.2, 0) is 0 Å². The van der Waals surface area contributed by atoms with Gasteiger partial charge in [0.1, 0.15) is 23.5 Å². The predicted octanol–water partition coefficient (Wildman–Crippen LogP) is 3.62. The summed E-state index contributed by atoms with van der Waals surface area (Å²) in [6.45, 7) is 2.14. The zero-order chi connectivity index (χ0) is 15.6. The van der Waals surface area contributed by atoms with Crippen molar-refractivity contribution in [3.63, 3.8) is 0 Å². The molecule has 0 aliphatic carbocycles. The van der Waals surface area contributed by atoms with Gasteiger partial charge in [-0.3, -0.25) is 0 Å². The van der Waals surface area contributed by atoms with Crippen LogP contribution in [0, 0.1) is 0 Å². The van der Waals surface area contributed by atoms with Gasteiger partial charge in [0.15, 0.2) is 0 Å². The van der Waals surface area contributed by atoms with Crippen LogP contribution in [0.5, 0.6) is 5.75 Å². The van der Waals surface area contributed by atoms with Gasteiger partial charge in [0, 0.05) is 24.8 Å². The molecule has 1 aliphatic heterocycles. The molecule has 0 saturated carbocycles. The van der Waals surface area contributed by atoms with Crippen LogP contribution in [0.15, 0.2) is 36.8 Å². The first kappa shape index (κ1) is 14.1. The summed E-state index contributed by atoms with van der Waals surface area (Å²) in [4.78, 5) is 14.7. The fourth-order valence-electron chi connectivity index (χ4n) is 3.29. The van der Waals surface area contributed by atoms with E-state index in [0.717, 1.165) is 46.8 Å². The first-order valence-electron chi connectivity index (χ1n) is 8.08. The van der Waals surface area contributed by atoms with Crippen LogP contribution in [0.2, 0.25) is 0 Å². The van der Waals surface area contributed by atoms with Gasteiger partial charge in [-0.2, -0.15) is 0 Å². The maximum Gasteiger partial charge on any atom is 0.143 e. The number of methoxy groups -OCH3 is 1. The maximum absolute atomic E-state index is 5.25. The van der Waals surface area contributed by atoms with Gasteiger partial charge in [-0.1, -0.05) is 12.1 Å². The summed E-state index contributed by atoms with van der Waals surface area (Å²) in [7, 11) is 1.68. The molecule has 0 bridgehead atoms. The fraction of sp³-hybridized carbons (Fsp3) is 0.333. The molecule has 2 aromatic heterocycles. The van der Waals surface area contributed by atoms with Crippen molar-refractivity contribution in [3.8, 4) is 16.9 Å². The summed E-state index contributed by atoms with van der Waals surface area (Å²) in [5, 5.41) is 1.11. The summed E-state index contributed by atoms with van der Waals surface area (Å²) in [5.74, 6) is 1.91.